The molecule has 202 valence electrons. The fourth-order valence-corrected chi connectivity index (χ4v) is 4.62. The van der Waals surface area contributed by atoms with Gasteiger partial charge in [-0.25, -0.2) is 0 Å². The molecule has 2 heterocycles. The molecule has 0 radical (unpaired) electrons. The van der Waals surface area contributed by atoms with Crippen LogP contribution in [0.5, 0.6) is 0 Å². The van der Waals surface area contributed by atoms with E-state index < -0.39 is 0 Å². The minimum atomic E-state index is -0.181. The molecule has 0 spiro atoms. The minimum Gasteiger partial charge on any atom is -0.322 e. The van der Waals surface area contributed by atoms with Crippen LogP contribution in [0.3, 0.4) is 0 Å². The van der Waals surface area contributed by atoms with Gasteiger partial charge in [0.25, 0.3) is 11.8 Å². The van der Waals surface area contributed by atoms with E-state index in [-0.39, 0.29) is 11.8 Å². The minimum absolute atomic E-state index is 0.181. The number of pyridine rings is 2. The van der Waals surface area contributed by atoms with Crippen molar-refractivity contribution in [3.63, 3.8) is 0 Å². The molecule has 42 heavy (non-hydrogen) atoms. The lowest BCUT2D eigenvalue weighted by Gasteiger charge is -2.09. The quantitative estimate of drug-likeness (QED) is 0.213. The van der Waals surface area contributed by atoms with Crippen molar-refractivity contribution < 1.29 is 9.59 Å². The Labute approximate surface area is 243 Å². The Bertz CT molecular complexity index is 1660. The number of benzene rings is 4. The van der Waals surface area contributed by atoms with Crippen LogP contribution in [-0.4, -0.2) is 21.8 Å². The third-order valence-corrected chi connectivity index (χ3v) is 6.94. The summed E-state index contributed by atoms with van der Waals surface area (Å²) in [4.78, 5) is 33.7. The van der Waals surface area contributed by atoms with Gasteiger partial charge in [-0.3, -0.25) is 19.6 Å². The Morgan fingerprint density at radius 2 is 0.619 bits per heavy atom. The van der Waals surface area contributed by atoms with Crippen LogP contribution in [0, 0.1) is 0 Å². The number of anilines is 2. The van der Waals surface area contributed by atoms with Gasteiger partial charge in [-0.05, 0) is 106 Å². The third-order valence-electron chi connectivity index (χ3n) is 6.94. The SMILES string of the molecule is O=C(Nc1ccc(-c2ccncc2)cc1)c1ccc(-c2ccc(C(=O)Nc3ccc(-c4ccncc4)cc3)cc2)cc1. The highest BCUT2D eigenvalue weighted by atomic mass is 16.2. The molecule has 0 aliphatic rings. The molecule has 6 heteroatoms. The van der Waals surface area contributed by atoms with Gasteiger partial charge in [0, 0.05) is 47.3 Å². The lowest BCUT2D eigenvalue weighted by molar-refractivity contribution is 0.101. The van der Waals surface area contributed by atoms with Crippen molar-refractivity contribution in [2.24, 2.45) is 0 Å². The van der Waals surface area contributed by atoms with E-state index in [0.717, 1.165) is 44.8 Å². The molecule has 0 bridgehead atoms. The van der Waals surface area contributed by atoms with Crippen LogP contribution in [0.15, 0.2) is 146 Å². The van der Waals surface area contributed by atoms with E-state index in [4.69, 9.17) is 0 Å². The largest absolute Gasteiger partial charge is 0.322 e. The van der Waals surface area contributed by atoms with Gasteiger partial charge in [-0.2, -0.15) is 0 Å². The van der Waals surface area contributed by atoms with Gasteiger partial charge in [0.1, 0.15) is 0 Å². The van der Waals surface area contributed by atoms with Crippen LogP contribution in [-0.2, 0) is 0 Å². The summed E-state index contributed by atoms with van der Waals surface area (Å²) in [7, 11) is 0. The number of carbonyl (C=O) groups is 2. The van der Waals surface area contributed by atoms with Gasteiger partial charge in [0.15, 0.2) is 0 Å². The van der Waals surface area contributed by atoms with Crippen molar-refractivity contribution in [2.75, 3.05) is 10.6 Å². The van der Waals surface area contributed by atoms with Crippen LogP contribution in [0.1, 0.15) is 20.7 Å². The predicted molar refractivity (Wildman–Crippen MR) is 167 cm³/mol. The van der Waals surface area contributed by atoms with Crippen molar-refractivity contribution in [2.45, 2.75) is 0 Å². The second kappa shape index (κ2) is 12.1. The summed E-state index contributed by atoms with van der Waals surface area (Å²) in [5, 5.41) is 5.90. The number of rotatable bonds is 7. The monoisotopic (exact) mass is 546 g/mol. The Hall–Kier alpha value is -5.88. The number of amides is 2. The first-order chi connectivity index (χ1) is 20.6. The summed E-state index contributed by atoms with van der Waals surface area (Å²) >= 11 is 0. The molecule has 2 N–H and O–H groups in total. The number of nitrogens with one attached hydrogen (secondary N) is 2. The normalized spacial score (nSPS) is 10.6. The summed E-state index contributed by atoms with van der Waals surface area (Å²) in [5.41, 5.74) is 8.71. The van der Waals surface area contributed by atoms with Gasteiger partial charge in [-0.15, -0.1) is 0 Å². The highest BCUT2D eigenvalue weighted by molar-refractivity contribution is 6.05. The Kier molecular flexibility index (Phi) is 7.59. The van der Waals surface area contributed by atoms with Crippen LogP contribution in [0.2, 0.25) is 0 Å². The summed E-state index contributed by atoms with van der Waals surface area (Å²) in [6.07, 6.45) is 7.02. The van der Waals surface area contributed by atoms with Crippen molar-refractivity contribution in [1.82, 2.24) is 9.97 Å². The van der Waals surface area contributed by atoms with Crippen molar-refractivity contribution in [1.29, 1.82) is 0 Å². The van der Waals surface area contributed by atoms with Crippen LogP contribution >= 0.6 is 0 Å². The number of hydrogen-bond acceptors (Lipinski definition) is 4. The first-order valence-electron chi connectivity index (χ1n) is 13.5. The molecular formula is C36H26N4O2. The molecule has 2 aromatic heterocycles. The Morgan fingerprint density at radius 1 is 0.357 bits per heavy atom. The second-order valence-corrected chi connectivity index (χ2v) is 9.69. The summed E-state index contributed by atoms with van der Waals surface area (Å²) in [6.45, 7) is 0. The maximum absolute atomic E-state index is 12.8. The predicted octanol–water partition coefficient (Wildman–Crippen LogP) is 7.98. The molecular weight excluding hydrogens is 520 g/mol. The van der Waals surface area contributed by atoms with Crippen molar-refractivity contribution >= 4 is 23.2 Å². The third kappa shape index (κ3) is 6.13. The van der Waals surface area contributed by atoms with Crippen LogP contribution in [0.25, 0.3) is 33.4 Å². The van der Waals surface area contributed by atoms with Gasteiger partial charge in [0.05, 0.1) is 0 Å². The molecule has 6 nitrogen and oxygen atoms in total. The van der Waals surface area contributed by atoms with Crippen molar-refractivity contribution in [3.05, 3.63) is 157 Å². The number of nitrogens with zero attached hydrogens (tertiary/aromatic N) is 2. The molecule has 6 rings (SSSR count). The van der Waals surface area contributed by atoms with E-state index in [1.165, 1.54) is 0 Å². The van der Waals surface area contributed by atoms with E-state index >= 15 is 0 Å². The summed E-state index contributed by atoms with van der Waals surface area (Å²) in [5.74, 6) is -0.363. The molecule has 0 aliphatic carbocycles. The molecule has 0 aliphatic heterocycles. The fraction of sp³-hybridized carbons (Fsp3) is 0. The zero-order valence-corrected chi connectivity index (χ0v) is 22.6. The highest BCUT2D eigenvalue weighted by Gasteiger charge is 2.10. The molecule has 0 saturated carbocycles. The standard InChI is InChI=1S/C36H26N4O2/c41-35(39-33-13-9-27(10-14-33)29-17-21-37-22-18-29)31-5-1-25(2-6-31)26-3-7-32(8-4-26)36(42)40-34-15-11-28(12-16-34)30-19-23-38-24-20-30/h1-24H,(H,39,41)(H,40,42). The molecule has 0 unspecified atom stereocenters. The van der Waals surface area contributed by atoms with Crippen LogP contribution < -0.4 is 10.6 Å². The van der Waals surface area contributed by atoms with Crippen molar-refractivity contribution in [3.8, 4) is 33.4 Å². The fourth-order valence-electron chi connectivity index (χ4n) is 4.62. The highest BCUT2D eigenvalue weighted by Crippen LogP contribution is 2.24. The van der Waals surface area contributed by atoms with Gasteiger partial charge >= 0.3 is 0 Å². The van der Waals surface area contributed by atoms with E-state index in [0.29, 0.717) is 11.1 Å². The summed E-state index contributed by atoms with van der Waals surface area (Å²) < 4.78 is 0. The number of aromatic nitrogens is 2. The molecule has 4 aromatic carbocycles. The topological polar surface area (TPSA) is 84.0 Å². The smallest absolute Gasteiger partial charge is 0.255 e. The van der Waals surface area contributed by atoms with Crippen LogP contribution in [0.4, 0.5) is 11.4 Å². The van der Waals surface area contributed by atoms with Gasteiger partial charge in [-0.1, -0.05) is 48.5 Å². The molecule has 0 fully saturated rings. The molecule has 2 amide bonds. The summed E-state index contributed by atoms with van der Waals surface area (Å²) in [6, 6.07) is 38.0. The molecule has 0 saturated heterocycles. The average molecular weight is 547 g/mol. The lowest BCUT2D eigenvalue weighted by Crippen LogP contribution is -2.11. The van der Waals surface area contributed by atoms with E-state index in [9.17, 15) is 9.59 Å². The average Bonchev–Trinajstić information content (AvgIpc) is 3.06. The molecule has 0 atom stereocenters. The second-order valence-electron chi connectivity index (χ2n) is 9.69. The maximum atomic E-state index is 12.8. The van der Waals surface area contributed by atoms with E-state index in [2.05, 4.69) is 20.6 Å². The zero-order chi connectivity index (χ0) is 28.7. The molecule has 6 aromatic rings. The first-order valence-corrected chi connectivity index (χ1v) is 13.5. The zero-order valence-electron chi connectivity index (χ0n) is 22.6. The number of carbonyl (C=O) groups excluding carboxylic acids is 2. The Morgan fingerprint density at radius 3 is 0.929 bits per heavy atom. The maximum Gasteiger partial charge on any atom is 0.255 e. The Balaban J connectivity index is 1.06. The van der Waals surface area contributed by atoms with Gasteiger partial charge < -0.3 is 10.6 Å². The van der Waals surface area contributed by atoms with E-state index in [1.807, 2.05) is 97.1 Å². The number of hydrogen-bond donors (Lipinski definition) is 2. The lowest BCUT2D eigenvalue weighted by atomic mass is 10.0. The first kappa shape index (κ1) is 26.3. The van der Waals surface area contributed by atoms with E-state index in [1.54, 1.807) is 49.1 Å². The van der Waals surface area contributed by atoms with Gasteiger partial charge in [0.2, 0.25) is 0 Å².